The summed E-state index contributed by atoms with van der Waals surface area (Å²) in [5.41, 5.74) is -0.814. The van der Waals surface area contributed by atoms with E-state index in [9.17, 15) is 10.1 Å². The van der Waals surface area contributed by atoms with Crippen LogP contribution >= 0.6 is 0 Å². The van der Waals surface area contributed by atoms with E-state index in [0.717, 1.165) is 6.42 Å². The Bertz CT molecular complexity index is 328. The lowest BCUT2D eigenvalue weighted by molar-refractivity contribution is -0.142. The summed E-state index contributed by atoms with van der Waals surface area (Å²) in [6.07, 6.45) is 5.95. The first-order valence-corrected chi connectivity index (χ1v) is 7.21. The van der Waals surface area contributed by atoms with Gasteiger partial charge in [-0.05, 0) is 31.6 Å². The van der Waals surface area contributed by atoms with Gasteiger partial charge in [0.15, 0.2) is 0 Å². The van der Waals surface area contributed by atoms with Gasteiger partial charge in [0.2, 0.25) is 5.91 Å². The van der Waals surface area contributed by atoms with Crippen molar-refractivity contribution >= 4 is 5.91 Å². The Morgan fingerprint density at radius 1 is 1.33 bits per heavy atom. The number of hydrogen-bond donors (Lipinski definition) is 0. The Labute approximate surface area is 111 Å². The van der Waals surface area contributed by atoms with E-state index in [1.54, 1.807) is 0 Å². The highest BCUT2D eigenvalue weighted by Crippen LogP contribution is 2.33. The molecule has 18 heavy (non-hydrogen) atoms. The minimum Gasteiger partial charge on any atom is -0.341 e. The molecule has 0 radical (unpaired) electrons. The molecule has 0 heterocycles. The van der Waals surface area contributed by atoms with Crippen molar-refractivity contribution in [2.45, 2.75) is 65.3 Å². The van der Waals surface area contributed by atoms with Crippen molar-refractivity contribution in [1.82, 2.24) is 4.90 Å². The van der Waals surface area contributed by atoms with Crippen molar-refractivity contribution < 1.29 is 4.79 Å². The zero-order valence-corrected chi connectivity index (χ0v) is 12.2. The van der Waals surface area contributed by atoms with Gasteiger partial charge in [0.1, 0.15) is 5.41 Å². The molecule has 3 heteroatoms. The average molecular weight is 250 g/mol. The van der Waals surface area contributed by atoms with Crippen molar-refractivity contribution in [3.63, 3.8) is 0 Å². The smallest absolute Gasteiger partial charge is 0.243 e. The number of carbonyl (C=O) groups excluding carboxylic acids is 1. The quantitative estimate of drug-likeness (QED) is 0.768. The molecule has 102 valence electrons. The summed E-state index contributed by atoms with van der Waals surface area (Å²) < 4.78 is 0. The first kappa shape index (κ1) is 15.0. The minimum atomic E-state index is -0.814. The van der Waals surface area contributed by atoms with Crippen LogP contribution in [0, 0.1) is 22.7 Å². The highest BCUT2D eigenvalue weighted by Gasteiger charge is 2.40. The fourth-order valence-electron chi connectivity index (χ4n) is 3.12. The van der Waals surface area contributed by atoms with Crippen LogP contribution in [-0.2, 0) is 4.79 Å². The van der Waals surface area contributed by atoms with E-state index >= 15 is 0 Å². The van der Waals surface area contributed by atoms with Gasteiger partial charge >= 0.3 is 0 Å². The highest BCUT2D eigenvalue weighted by atomic mass is 16.2. The SMILES string of the molecule is CCC(C#N)(CC)C(=O)N(C)C1CCCCC1C. The predicted octanol–water partition coefficient (Wildman–Crippen LogP) is 3.35. The molecule has 2 unspecified atom stereocenters. The molecule has 0 N–H and O–H groups in total. The lowest BCUT2D eigenvalue weighted by Gasteiger charge is -2.39. The van der Waals surface area contributed by atoms with Gasteiger partial charge in [-0.25, -0.2) is 0 Å². The van der Waals surface area contributed by atoms with Crippen molar-refractivity contribution in [2.75, 3.05) is 7.05 Å². The van der Waals surface area contributed by atoms with Gasteiger partial charge in [-0.2, -0.15) is 5.26 Å². The second-order valence-electron chi connectivity index (χ2n) is 5.65. The number of carbonyl (C=O) groups is 1. The standard InChI is InChI=1S/C15H26N2O/c1-5-15(6-2,11-16)14(18)17(4)13-10-8-7-9-12(13)3/h12-13H,5-10H2,1-4H3. The maximum atomic E-state index is 12.6. The van der Waals surface area contributed by atoms with Crippen LogP contribution in [-0.4, -0.2) is 23.9 Å². The Balaban J connectivity index is 2.85. The lowest BCUT2D eigenvalue weighted by Crippen LogP contribution is -2.49. The average Bonchev–Trinajstić information content (AvgIpc) is 2.41. The van der Waals surface area contributed by atoms with E-state index in [1.807, 2.05) is 25.8 Å². The molecule has 1 aliphatic rings. The van der Waals surface area contributed by atoms with E-state index in [0.29, 0.717) is 24.8 Å². The Morgan fingerprint density at radius 3 is 2.33 bits per heavy atom. The number of rotatable bonds is 4. The van der Waals surface area contributed by atoms with Crippen LogP contribution in [0.25, 0.3) is 0 Å². The molecular weight excluding hydrogens is 224 g/mol. The first-order chi connectivity index (χ1) is 8.52. The van der Waals surface area contributed by atoms with Crippen LogP contribution in [0.3, 0.4) is 0 Å². The lowest BCUT2D eigenvalue weighted by atomic mass is 9.80. The van der Waals surface area contributed by atoms with Crippen LogP contribution in [0.4, 0.5) is 0 Å². The van der Waals surface area contributed by atoms with E-state index in [-0.39, 0.29) is 5.91 Å². The summed E-state index contributed by atoms with van der Waals surface area (Å²) in [6, 6.07) is 2.58. The summed E-state index contributed by atoms with van der Waals surface area (Å²) in [5.74, 6) is 0.576. The van der Waals surface area contributed by atoms with E-state index in [1.165, 1.54) is 19.3 Å². The second kappa shape index (κ2) is 6.22. The summed E-state index contributed by atoms with van der Waals surface area (Å²) in [6.45, 7) is 6.09. The van der Waals surface area contributed by atoms with Crippen LogP contribution in [0.1, 0.15) is 59.3 Å². The summed E-state index contributed by atoms with van der Waals surface area (Å²) in [5, 5.41) is 9.36. The van der Waals surface area contributed by atoms with Gasteiger partial charge in [-0.1, -0.05) is 33.6 Å². The van der Waals surface area contributed by atoms with Crippen LogP contribution in [0.2, 0.25) is 0 Å². The molecule has 3 nitrogen and oxygen atoms in total. The minimum absolute atomic E-state index is 0.0220. The van der Waals surface area contributed by atoms with Crippen molar-refractivity contribution in [3.05, 3.63) is 0 Å². The third kappa shape index (κ3) is 2.68. The normalized spacial score (nSPS) is 24.4. The molecule has 0 aliphatic heterocycles. The van der Waals surface area contributed by atoms with Crippen LogP contribution < -0.4 is 0 Å². The molecule has 0 aromatic heterocycles. The number of amides is 1. The van der Waals surface area contributed by atoms with Gasteiger partial charge in [0.05, 0.1) is 6.07 Å². The van der Waals surface area contributed by atoms with Gasteiger partial charge in [0, 0.05) is 13.1 Å². The number of nitriles is 1. The van der Waals surface area contributed by atoms with Gasteiger partial charge < -0.3 is 4.90 Å². The molecule has 0 bridgehead atoms. The molecule has 1 rings (SSSR count). The maximum absolute atomic E-state index is 12.6. The molecule has 0 saturated heterocycles. The first-order valence-electron chi connectivity index (χ1n) is 7.21. The Morgan fingerprint density at radius 2 is 1.89 bits per heavy atom. The van der Waals surface area contributed by atoms with Crippen LogP contribution in [0.15, 0.2) is 0 Å². The van der Waals surface area contributed by atoms with Crippen molar-refractivity contribution in [3.8, 4) is 6.07 Å². The predicted molar refractivity (Wildman–Crippen MR) is 72.8 cm³/mol. The molecule has 2 atom stereocenters. The van der Waals surface area contributed by atoms with E-state index in [4.69, 9.17) is 0 Å². The fraction of sp³-hybridized carbons (Fsp3) is 0.867. The zero-order valence-electron chi connectivity index (χ0n) is 12.2. The highest BCUT2D eigenvalue weighted by molar-refractivity contribution is 5.85. The molecule has 1 amide bonds. The van der Waals surface area contributed by atoms with Gasteiger partial charge in [-0.15, -0.1) is 0 Å². The molecule has 0 aromatic rings. The largest absolute Gasteiger partial charge is 0.341 e. The molecule has 0 spiro atoms. The molecule has 1 fully saturated rings. The van der Waals surface area contributed by atoms with Crippen molar-refractivity contribution in [1.29, 1.82) is 5.26 Å². The topological polar surface area (TPSA) is 44.1 Å². The zero-order chi connectivity index (χ0) is 13.8. The summed E-state index contributed by atoms with van der Waals surface area (Å²) in [7, 11) is 1.88. The maximum Gasteiger partial charge on any atom is 0.243 e. The van der Waals surface area contributed by atoms with Gasteiger partial charge in [-0.3, -0.25) is 4.79 Å². The Hall–Kier alpha value is -1.04. The van der Waals surface area contributed by atoms with E-state index in [2.05, 4.69) is 13.0 Å². The fourth-order valence-corrected chi connectivity index (χ4v) is 3.12. The summed E-state index contributed by atoms with van der Waals surface area (Å²) >= 11 is 0. The molecule has 1 aliphatic carbocycles. The van der Waals surface area contributed by atoms with Gasteiger partial charge in [0.25, 0.3) is 0 Å². The molecule has 0 aromatic carbocycles. The third-order valence-electron chi connectivity index (χ3n) is 4.71. The third-order valence-corrected chi connectivity index (χ3v) is 4.71. The monoisotopic (exact) mass is 250 g/mol. The second-order valence-corrected chi connectivity index (χ2v) is 5.65. The van der Waals surface area contributed by atoms with Crippen molar-refractivity contribution in [2.24, 2.45) is 11.3 Å². The molecular formula is C15H26N2O. The molecule has 1 saturated carbocycles. The number of hydrogen-bond acceptors (Lipinski definition) is 2. The summed E-state index contributed by atoms with van der Waals surface area (Å²) in [4.78, 5) is 14.5. The van der Waals surface area contributed by atoms with Crippen LogP contribution in [0.5, 0.6) is 0 Å². The Kier molecular flexibility index (Phi) is 5.19. The number of nitrogens with zero attached hydrogens (tertiary/aromatic N) is 2. The van der Waals surface area contributed by atoms with E-state index < -0.39 is 5.41 Å².